The van der Waals surface area contributed by atoms with Gasteiger partial charge < -0.3 is 27.2 Å². The Bertz CT molecular complexity index is 1040. The molecule has 1 heterocycles. The highest BCUT2D eigenvalue weighted by Crippen LogP contribution is 2.31. The third-order valence-corrected chi connectivity index (χ3v) is 6.72. The van der Waals surface area contributed by atoms with E-state index < -0.39 is 11.6 Å². The summed E-state index contributed by atoms with van der Waals surface area (Å²) in [6.45, 7) is 4.48. The van der Waals surface area contributed by atoms with E-state index >= 15 is 0 Å². The van der Waals surface area contributed by atoms with E-state index in [2.05, 4.69) is 34.0 Å². The van der Waals surface area contributed by atoms with E-state index in [0.29, 0.717) is 25.3 Å². The molecule has 3 rings (SSSR count). The number of amidine groups is 1. The highest BCUT2D eigenvalue weighted by atomic mass is 16.2. The first-order chi connectivity index (χ1) is 17.2. The Labute approximate surface area is 213 Å². The van der Waals surface area contributed by atoms with Crippen LogP contribution in [0.1, 0.15) is 62.1 Å². The lowest BCUT2D eigenvalue weighted by molar-refractivity contribution is -0.138. The quantitative estimate of drug-likeness (QED) is 0.155. The number of hydrogen-bond donors (Lipinski definition) is 5. The van der Waals surface area contributed by atoms with Crippen LogP contribution in [0.3, 0.4) is 0 Å². The van der Waals surface area contributed by atoms with Gasteiger partial charge >= 0.3 is 0 Å². The molecule has 1 aliphatic heterocycles. The molecule has 9 heteroatoms. The largest absolute Gasteiger partial charge is 0.343 e. The van der Waals surface area contributed by atoms with Crippen LogP contribution in [0.15, 0.2) is 59.7 Å². The summed E-state index contributed by atoms with van der Waals surface area (Å²) in [5.74, 6) is 11.4. The first-order valence-corrected chi connectivity index (χ1v) is 12.5. The van der Waals surface area contributed by atoms with Gasteiger partial charge in [-0.15, -0.1) is 0 Å². The normalized spacial score (nSPS) is 15.9. The van der Waals surface area contributed by atoms with Crippen LogP contribution in [0.2, 0.25) is 0 Å². The zero-order valence-corrected chi connectivity index (χ0v) is 21.2. The van der Waals surface area contributed by atoms with Crippen molar-refractivity contribution in [2.45, 2.75) is 63.5 Å². The number of rotatable bonds is 9. The van der Waals surface area contributed by atoms with E-state index in [4.69, 9.17) is 17.4 Å². The third-order valence-electron chi connectivity index (χ3n) is 6.72. The lowest BCUT2D eigenvalue weighted by Crippen LogP contribution is -2.57. The van der Waals surface area contributed by atoms with Crippen LogP contribution >= 0.6 is 0 Å². The van der Waals surface area contributed by atoms with E-state index in [-0.39, 0.29) is 17.7 Å². The van der Waals surface area contributed by atoms with Gasteiger partial charge in [0, 0.05) is 18.7 Å². The smallest absolute Gasteiger partial charge is 0.245 e. The highest BCUT2D eigenvalue weighted by molar-refractivity contribution is 5.99. The van der Waals surface area contributed by atoms with Crippen molar-refractivity contribution < 1.29 is 9.59 Å². The predicted octanol–water partition coefficient (Wildman–Crippen LogP) is 1.72. The fourth-order valence-electron chi connectivity index (χ4n) is 4.64. The number of aryl methyl sites for hydroxylation is 1. The number of benzene rings is 2. The van der Waals surface area contributed by atoms with Crippen molar-refractivity contribution >= 4 is 17.6 Å². The minimum absolute atomic E-state index is 0.0553. The molecule has 2 amide bonds. The second-order valence-corrected chi connectivity index (χ2v) is 9.93. The number of likely N-dealkylation sites (tertiary alicyclic amines) is 1. The minimum atomic E-state index is -1.06. The maximum absolute atomic E-state index is 13.5. The van der Waals surface area contributed by atoms with Crippen molar-refractivity contribution in [2.24, 2.45) is 22.5 Å². The van der Waals surface area contributed by atoms with Crippen molar-refractivity contribution in [3.63, 3.8) is 0 Å². The number of piperidine rings is 1. The molecule has 0 spiro atoms. The van der Waals surface area contributed by atoms with E-state index in [0.717, 1.165) is 36.8 Å². The Kier molecular flexibility index (Phi) is 9.44. The minimum Gasteiger partial charge on any atom is -0.343 e. The number of nitrogens with two attached hydrogens (primary N) is 3. The van der Waals surface area contributed by atoms with Gasteiger partial charge in [0.15, 0.2) is 5.84 Å². The summed E-state index contributed by atoms with van der Waals surface area (Å²) in [7, 11) is 0. The standard InChI is InChI=1S/C27H39N7O2/c1-27(2,28)26(36)31-23(14-8-11-19-9-4-3-5-10-19)25(35)34-17-15-20(16-18-34)21-12-6-7-13-22(21)24(32-29)33-30/h3-7,9-10,12-13,20,23H,8,11,14-18,28-30H2,1-2H3,(H,31,36)(H,32,33)/t23-/m1/s1. The maximum Gasteiger partial charge on any atom is 0.245 e. The van der Waals surface area contributed by atoms with Crippen LogP contribution in [0.25, 0.3) is 0 Å². The zero-order chi connectivity index (χ0) is 26.1. The Morgan fingerprint density at radius 3 is 2.33 bits per heavy atom. The molecule has 1 fully saturated rings. The SMILES string of the molecule is CC(C)(N)C(=O)N[C@H](CCCc1ccccc1)C(=O)N1CCC(c2ccccc2/C(=N/N)NN)CC1. The topological polar surface area (TPSA) is 152 Å². The molecule has 1 atom stereocenters. The van der Waals surface area contributed by atoms with Crippen LogP contribution in [-0.4, -0.2) is 47.2 Å². The van der Waals surface area contributed by atoms with Crippen LogP contribution < -0.4 is 28.2 Å². The van der Waals surface area contributed by atoms with Gasteiger partial charge in [0.1, 0.15) is 6.04 Å². The van der Waals surface area contributed by atoms with Gasteiger partial charge in [-0.05, 0) is 63.0 Å². The first-order valence-electron chi connectivity index (χ1n) is 12.5. The second-order valence-electron chi connectivity index (χ2n) is 9.93. The van der Waals surface area contributed by atoms with Crippen molar-refractivity contribution in [1.29, 1.82) is 0 Å². The fourth-order valence-corrected chi connectivity index (χ4v) is 4.64. The van der Waals surface area contributed by atoms with Gasteiger partial charge in [-0.3, -0.25) is 9.59 Å². The van der Waals surface area contributed by atoms with Crippen molar-refractivity contribution in [3.8, 4) is 0 Å². The average molecular weight is 494 g/mol. The maximum atomic E-state index is 13.5. The molecule has 194 valence electrons. The van der Waals surface area contributed by atoms with Gasteiger partial charge in [-0.25, -0.2) is 5.84 Å². The van der Waals surface area contributed by atoms with Crippen LogP contribution in [-0.2, 0) is 16.0 Å². The monoisotopic (exact) mass is 493 g/mol. The first kappa shape index (κ1) is 27.2. The van der Waals surface area contributed by atoms with Crippen LogP contribution in [0, 0.1) is 0 Å². The summed E-state index contributed by atoms with van der Waals surface area (Å²) in [5.41, 5.74) is 10.7. The van der Waals surface area contributed by atoms with Crippen molar-refractivity contribution in [3.05, 3.63) is 71.3 Å². The van der Waals surface area contributed by atoms with Gasteiger partial charge in [-0.2, -0.15) is 5.10 Å². The molecule has 0 unspecified atom stereocenters. The molecular weight excluding hydrogens is 454 g/mol. The average Bonchev–Trinajstić information content (AvgIpc) is 2.89. The molecule has 0 aromatic heterocycles. The molecule has 36 heavy (non-hydrogen) atoms. The molecular formula is C27H39N7O2. The Morgan fingerprint density at radius 2 is 1.72 bits per heavy atom. The summed E-state index contributed by atoms with van der Waals surface area (Å²) in [5, 5.41) is 6.68. The number of hydrazine groups is 1. The van der Waals surface area contributed by atoms with Gasteiger partial charge in [-0.1, -0.05) is 54.6 Å². The van der Waals surface area contributed by atoms with Gasteiger partial charge in [0.25, 0.3) is 0 Å². The molecule has 0 bridgehead atoms. The molecule has 9 nitrogen and oxygen atoms in total. The number of carbonyl (C=O) groups is 2. The number of nitrogens with one attached hydrogen (secondary N) is 2. The fraction of sp³-hybridized carbons (Fsp3) is 0.444. The van der Waals surface area contributed by atoms with E-state index in [9.17, 15) is 9.59 Å². The summed E-state index contributed by atoms with van der Waals surface area (Å²) in [4.78, 5) is 28.0. The number of hydrogen-bond acceptors (Lipinski definition) is 6. The van der Waals surface area contributed by atoms with E-state index in [1.54, 1.807) is 13.8 Å². The molecule has 2 aromatic rings. The highest BCUT2D eigenvalue weighted by Gasteiger charge is 2.33. The third kappa shape index (κ3) is 7.05. The van der Waals surface area contributed by atoms with Gasteiger partial charge in [0.2, 0.25) is 11.8 Å². The van der Waals surface area contributed by atoms with Crippen molar-refractivity contribution in [2.75, 3.05) is 13.1 Å². The molecule has 0 aliphatic carbocycles. The molecule has 1 saturated heterocycles. The number of nitrogens with zero attached hydrogens (tertiary/aromatic N) is 2. The van der Waals surface area contributed by atoms with Crippen LogP contribution in [0.5, 0.6) is 0 Å². The Balaban J connectivity index is 1.67. The zero-order valence-electron chi connectivity index (χ0n) is 21.2. The Morgan fingerprint density at radius 1 is 1.08 bits per heavy atom. The summed E-state index contributed by atoms with van der Waals surface area (Å²) in [6.07, 6.45) is 3.75. The lowest BCUT2D eigenvalue weighted by atomic mass is 9.86. The predicted molar refractivity (Wildman–Crippen MR) is 143 cm³/mol. The van der Waals surface area contributed by atoms with Gasteiger partial charge in [0.05, 0.1) is 5.54 Å². The summed E-state index contributed by atoms with van der Waals surface area (Å²) in [6, 6.07) is 17.4. The molecule has 0 radical (unpaired) electrons. The summed E-state index contributed by atoms with van der Waals surface area (Å²) < 4.78 is 0. The van der Waals surface area contributed by atoms with Crippen molar-refractivity contribution in [1.82, 2.24) is 15.6 Å². The molecule has 8 N–H and O–H groups in total. The molecule has 1 aliphatic rings. The molecule has 0 saturated carbocycles. The van der Waals surface area contributed by atoms with Crippen LogP contribution in [0.4, 0.5) is 0 Å². The number of hydrazone groups is 1. The number of carbonyl (C=O) groups excluding carboxylic acids is 2. The molecule has 2 aromatic carbocycles. The number of amides is 2. The van der Waals surface area contributed by atoms with E-state index in [1.165, 1.54) is 5.56 Å². The lowest BCUT2D eigenvalue weighted by Gasteiger charge is -2.35. The Hall–Kier alpha value is -3.43. The van der Waals surface area contributed by atoms with E-state index in [1.807, 2.05) is 41.3 Å². The second kappa shape index (κ2) is 12.5. The summed E-state index contributed by atoms with van der Waals surface area (Å²) >= 11 is 0.